The van der Waals surface area contributed by atoms with Crippen LogP contribution in [0, 0.1) is 17.2 Å². The summed E-state index contributed by atoms with van der Waals surface area (Å²) in [5, 5.41) is 8.98. The van der Waals surface area contributed by atoms with Crippen LogP contribution in [0.15, 0.2) is 24.3 Å². The Morgan fingerprint density at radius 3 is 2.32 bits per heavy atom. The highest BCUT2D eigenvalue weighted by Gasteiger charge is 2.26. The Labute approximate surface area is 117 Å². The minimum atomic E-state index is 0.219. The van der Waals surface area contributed by atoms with Crippen molar-refractivity contribution in [2.24, 2.45) is 5.92 Å². The largest absolute Gasteiger partial charge is 0.198 e. The van der Waals surface area contributed by atoms with Gasteiger partial charge in [0, 0.05) is 6.42 Å². The smallest absolute Gasteiger partial charge is 0.0624 e. The summed E-state index contributed by atoms with van der Waals surface area (Å²) < 4.78 is 0. The molecule has 1 aromatic carbocycles. The molecular weight excluding hydrogens is 230 g/mol. The van der Waals surface area contributed by atoms with Crippen LogP contribution in [-0.4, -0.2) is 0 Å². The molecule has 19 heavy (non-hydrogen) atoms. The van der Waals surface area contributed by atoms with Gasteiger partial charge in [0.15, 0.2) is 0 Å². The first-order chi connectivity index (χ1) is 9.02. The summed E-state index contributed by atoms with van der Waals surface area (Å²) >= 11 is 0. The summed E-state index contributed by atoms with van der Waals surface area (Å²) in [5.74, 6) is 1.17. The van der Waals surface area contributed by atoms with E-state index in [4.69, 9.17) is 5.26 Å². The highest BCUT2D eigenvalue weighted by molar-refractivity contribution is 5.30. The Kier molecular flexibility index (Phi) is 4.30. The van der Waals surface area contributed by atoms with Gasteiger partial charge >= 0.3 is 0 Å². The second-order valence-corrected chi connectivity index (χ2v) is 6.89. The molecule has 1 saturated carbocycles. The molecule has 0 saturated heterocycles. The first-order valence-electron chi connectivity index (χ1n) is 7.50. The van der Waals surface area contributed by atoms with Crippen molar-refractivity contribution < 1.29 is 0 Å². The summed E-state index contributed by atoms with van der Waals surface area (Å²) in [6.07, 6.45) is 5.79. The average molecular weight is 255 g/mol. The van der Waals surface area contributed by atoms with E-state index in [1.807, 2.05) is 0 Å². The summed E-state index contributed by atoms with van der Waals surface area (Å²) in [4.78, 5) is 0. The van der Waals surface area contributed by atoms with E-state index in [0.717, 1.165) is 0 Å². The topological polar surface area (TPSA) is 23.8 Å². The van der Waals surface area contributed by atoms with Gasteiger partial charge in [0.05, 0.1) is 6.07 Å². The molecule has 0 aliphatic heterocycles. The molecular formula is C18H25N. The summed E-state index contributed by atoms with van der Waals surface area (Å²) in [5.41, 5.74) is 3.05. The van der Waals surface area contributed by atoms with E-state index in [2.05, 4.69) is 51.1 Å². The molecule has 2 atom stereocenters. The van der Waals surface area contributed by atoms with Gasteiger partial charge in [-0.25, -0.2) is 0 Å². The van der Waals surface area contributed by atoms with Crippen LogP contribution < -0.4 is 0 Å². The van der Waals surface area contributed by atoms with Gasteiger partial charge in [-0.2, -0.15) is 5.26 Å². The zero-order valence-electron chi connectivity index (χ0n) is 12.4. The highest BCUT2D eigenvalue weighted by atomic mass is 14.3. The molecule has 0 N–H and O–H groups in total. The van der Waals surface area contributed by atoms with Crippen molar-refractivity contribution in [2.45, 2.75) is 64.2 Å². The predicted molar refractivity (Wildman–Crippen MR) is 80.1 cm³/mol. The molecule has 0 radical (unpaired) electrons. The third-order valence-electron chi connectivity index (χ3n) is 4.47. The summed E-state index contributed by atoms with van der Waals surface area (Å²) in [6.45, 7) is 6.75. The highest BCUT2D eigenvalue weighted by Crippen LogP contribution is 2.39. The lowest BCUT2D eigenvalue weighted by Crippen LogP contribution is -2.18. The minimum absolute atomic E-state index is 0.219. The zero-order valence-corrected chi connectivity index (χ0v) is 12.4. The molecule has 1 aromatic rings. The van der Waals surface area contributed by atoms with Crippen LogP contribution >= 0.6 is 0 Å². The third-order valence-corrected chi connectivity index (χ3v) is 4.47. The molecule has 1 nitrogen and oxygen atoms in total. The van der Waals surface area contributed by atoms with Crippen LogP contribution in [0.1, 0.15) is 69.9 Å². The fraction of sp³-hybridized carbons (Fsp3) is 0.611. The van der Waals surface area contributed by atoms with E-state index < -0.39 is 0 Å². The molecule has 0 bridgehead atoms. The monoisotopic (exact) mass is 255 g/mol. The normalized spacial score (nSPS) is 23.9. The molecule has 102 valence electrons. The molecule has 0 aromatic heterocycles. The molecule has 1 heteroatoms. The Balaban J connectivity index is 2.18. The second kappa shape index (κ2) is 5.78. The first kappa shape index (κ1) is 14.1. The standard InChI is InChI=1S/C18H25N/c1-18(2,3)16-10-8-15(9-11-16)17-7-5-4-6-14(17)12-13-19/h8-11,14,17H,4-7,12H2,1-3H3. The lowest BCUT2D eigenvalue weighted by atomic mass is 9.73. The molecule has 1 aliphatic carbocycles. The van der Waals surface area contributed by atoms with Crippen LogP contribution in [0.5, 0.6) is 0 Å². The Hall–Kier alpha value is -1.29. The van der Waals surface area contributed by atoms with Crippen LogP contribution in [0.2, 0.25) is 0 Å². The molecule has 1 aliphatic rings. The van der Waals surface area contributed by atoms with Gasteiger partial charge in [-0.1, -0.05) is 57.9 Å². The minimum Gasteiger partial charge on any atom is -0.198 e. The summed E-state index contributed by atoms with van der Waals surface area (Å²) in [6, 6.07) is 11.5. The van der Waals surface area contributed by atoms with E-state index >= 15 is 0 Å². The van der Waals surface area contributed by atoms with Gasteiger partial charge in [0.2, 0.25) is 0 Å². The molecule has 0 spiro atoms. The van der Waals surface area contributed by atoms with Gasteiger partial charge in [-0.3, -0.25) is 0 Å². The number of rotatable bonds is 2. The zero-order chi connectivity index (χ0) is 13.9. The Morgan fingerprint density at radius 2 is 1.74 bits per heavy atom. The average Bonchev–Trinajstić information content (AvgIpc) is 2.39. The maximum Gasteiger partial charge on any atom is 0.0624 e. The van der Waals surface area contributed by atoms with Crippen molar-refractivity contribution in [3.8, 4) is 6.07 Å². The van der Waals surface area contributed by atoms with Crippen molar-refractivity contribution in [3.05, 3.63) is 35.4 Å². The van der Waals surface area contributed by atoms with E-state index in [0.29, 0.717) is 18.3 Å². The number of hydrogen-bond acceptors (Lipinski definition) is 1. The first-order valence-corrected chi connectivity index (χ1v) is 7.50. The number of nitriles is 1. The lowest BCUT2D eigenvalue weighted by Gasteiger charge is -2.31. The van der Waals surface area contributed by atoms with Crippen molar-refractivity contribution in [1.29, 1.82) is 5.26 Å². The SMILES string of the molecule is CC(C)(C)c1ccc(C2CCCCC2CC#N)cc1. The molecule has 0 heterocycles. The van der Waals surface area contributed by atoms with E-state index in [-0.39, 0.29) is 5.41 Å². The molecule has 1 fully saturated rings. The Bertz CT molecular complexity index is 444. The van der Waals surface area contributed by atoms with Crippen molar-refractivity contribution in [2.75, 3.05) is 0 Å². The van der Waals surface area contributed by atoms with E-state index in [9.17, 15) is 0 Å². The third kappa shape index (κ3) is 3.38. The van der Waals surface area contributed by atoms with Gasteiger partial charge in [-0.05, 0) is 41.2 Å². The molecule has 2 unspecified atom stereocenters. The van der Waals surface area contributed by atoms with E-state index in [1.54, 1.807) is 0 Å². The van der Waals surface area contributed by atoms with Gasteiger partial charge in [-0.15, -0.1) is 0 Å². The number of benzene rings is 1. The van der Waals surface area contributed by atoms with Crippen LogP contribution in [0.4, 0.5) is 0 Å². The van der Waals surface area contributed by atoms with Gasteiger partial charge in [0.1, 0.15) is 0 Å². The number of hydrogen-bond donors (Lipinski definition) is 0. The van der Waals surface area contributed by atoms with Crippen molar-refractivity contribution in [3.63, 3.8) is 0 Å². The summed E-state index contributed by atoms with van der Waals surface area (Å²) in [7, 11) is 0. The maximum atomic E-state index is 8.98. The lowest BCUT2D eigenvalue weighted by molar-refractivity contribution is 0.311. The fourth-order valence-electron chi connectivity index (χ4n) is 3.24. The van der Waals surface area contributed by atoms with E-state index in [1.165, 1.54) is 36.8 Å². The van der Waals surface area contributed by atoms with Crippen molar-refractivity contribution in [1.82, 2.24) is 0 Å². The second-order valence-electron chi connectivity index (χ2n) is 6.89. The molecule has 0 amide bonds. The van der Waals surface area contributed by atoms with Crippen LogP contribution in [-0.2, 0) is 5.41 Å². The van der Waals surface area contributed by atoms with Gasteiger partial charge in [0.25, 0.3) is 0 Å². The Morgan fingerprint density at radius 1 is 1.11 bits per heavy atom. The van der Waals surface area contributed by atoms with Crippen molar-refractivity contribution >= 4 is 0 Å². The molecule has 2 rings (SSSR count). The van der Waals surface area contributed by atoms with Crippen LogP contribution in [0.3, 0.4) is 0 Å². The maximum absolute atomic E-state index is 8.98. The number of nitrogens with zero attached hydrogens (tertiary/aromatic N) is 1. The predicted octanol–water partition coefficient (Wildman–Crippen LogP) is 5.17. The fourth-order valence-corrected chi connectivity index (χ4v) is 3.24. The van der Waals surface area contributed by atoms with Crippen LogP contribution in [0.25, 0.3) is 0 Å². The van der Waals surface area contributed by atoms with Gasteiger partial charge < -0.3 is 0 Å². The quantitative estimate of drug-likeness (QED) is 0.715.